The average molecular weight is 310 g/mol. The lowest BCUT2D eigenvalue weighted by Gasteiger charge is -2.17. The van der Waals surface area contributed by atoms with E-state index >= 15 is 0 Å². The van der Waals surface area contributed by atoms with E-state index in [1.54, 1.807) is 12.1 Å². The molecule has 0 amide bonds. The molecule has 3 N–H and O–H groups in total. The molecule has 22 heavy (non-hydrogen) atoms. The third-order valence-corrected chi connectivity index (χ3v) is 3.31. The fourth-order valence-electron chi connectivity index (χ4n) is 2.24. The fourth-order valence-corrected chi connectivity index (χ4v) is 2.24. The number of rotatable bonds is 3. The molecule has 0 saturated heterocycles. The number of benzene rings is 2. The van der Waals surface area contributed by atoms with Crippen molar-refractivity contribution in [2.45, 2.75) is 12.7 Å². The maximum Gasteiger partial charge on any atom is 0.416 e. The molecule has 0 aromatic heterocycles. The normalized spacial score (nSPS) is 11.9. The molecule has 3 nitrogen and oxygen atoms in total. The monoisotopic (exact) mass is 310 g/mol. The highest BCUT2D eigenvalue weighted by atomic mass is 19.4. The molecule has 0 bridgehead atoms. The average Bonchev–Trinajstić information content (AvgIpc) is 2.43. The molecular weight excluding hydrogens is 293 g/mol. The molecule has 0 aliphatic carbocycles. The Labute approximate surface area is 126 Å². The van der Waals surface area contributed by atoms with Gasteiger partial charge in [-0.1, -0.05) is 18.2 Å². The lowest BCUT2D eigenvalue weighted by Crippen LogP contribution is -2.12. The summed E-state index contributed by atoms with van der Waals surface area (Å²) in [7, 11) is 3.67. The number of nitrogens with zero attached hydrogens (tertiary/aromatic N) is 1. The third-order valence-electron chi connectivity index (χ3n) is 3.31. The van der Waals surface area contributed by atoms with Gasteiger partial charge in [-0.2, -0.15) is 13.2 Å². The van der Waals surface area contributed by atoms with Crippen molar-refractivity contribution in [3.63, 3.8) is 0 Å². The molecule has 0 heterocycles. The Kier molecular flexibility index (Phi) is 4.32. The Bertz CT molecular complexity index is 664. The van der Waals surface area contributed by atoms with Gasteiger partial charge in [0.25, 0.3) is 0 Å². The van der Waals surface area contributed by atoms with Crippen LogP contribution in [0.4, 0.5) is 18.9 Å². The van der Waals surface area contributed by atoms with E-state index in [9.17, 15) is 18.3 Å². The van der Waals surface area contributed by atoms with Crippen LogP contribution in [0, 0.1) is 0 Å². The quantitative estimate of drug-likeness (QED) is 0.671. The standard InChI is InChI=1S/C16H17F3N2O/c1-21(2)9-13-12(7-8-14(20)15(13)22)10-3-5-11(6-4-10)16(17,18)19/h3-8,22H,9,20H2,1-2H3. The highest BCUT2D eigenvalue weighted by Gasteiger charge is 2.30. The minimum atomic E-state index is -4.37. The summed E-state index contributed by atoms with van der Waals surface area (Å²) in [4.78, 5) is 1.85. The molecule has 0 atom stereocenters. The zero-order valence-corrected chi connectivity index (χ0v) is 12.3. The zero-order chi connectivity index (χ0) is 16.5. The molecule has 0 spiro atoms. The van der Waals surface area contributed by atoms with Crippen LogP contribution in [0.2, 0.25) is 0 Å². The lowest BCUT2D eigenvalue weighted by atomic mass is 9.96. The molecule has 0 radical (unpaired) electrons. The number of nitrogens with two attached hydrogens (primary N) is 1. The van der Waals surface area contributed by atoms with Crippen LogP contribution in [0.25, 0.3) is 11.1 Å². The fraction of sp³-hybridized carbons (Fsp3) is 0.250. The van der Waals surface area contributed by atoms with E-state index < -0.39 is 11.7 Å². The number of hydrogen-bond acceptors (Lipinski definition) is 3. The molecule has 0 aliphatic rings. The van der Waals surface area contributed by atoms with Crippen LogP contribution in [-0.4, -0.2) is 24.1 Å². The second-order valence-electron chi connectivity index (χ2n) is 5.34. The van der Waals surface area contributed by atoms with E-state index in [1.165, 1.54) is 12.1 Å². The molecular formula is C16H17F3N2O. The van der Waals surface area contributed by atoms with Gasteiger partial charge in [0, 0.05) is 12.1 Å². The topological polar surface area (TPSA) is 49.5 Å². The van der Waals surface area contributed by atoms with Crippen molar-refractivity contribution in [3.05, 3.63) is 47.5 Å². The predicted molar refractivity (Wildman–Crippen MR) is 80.3 cm³/mol. The van der Waals surface area contributed by atoms with Gasteiger partial charge in [0.05, 0.1) is 11.3 Å². The van der Waals surface area contributed by atoms with Crippen LogP contribution >= 0.6 is 0 Å². The molecule has 2 aromatic carbocycles. The Morgan fingerprint density at radius 2 is 1.64 bits per heavy atom. The summed E-state index contributed by atoms with van der Waals surface area (Å²) in [6.07, 6.45) is -4.37. The molecule has 118 valence electrons. The summed E-state index contributed by atoms with van der Waals surface area (Å²) in [5, 5.41) is 10.1. The van der Waals surface area contributed by atoms with Crippen LogP contribution < -0.4 is 5.73 Å². The Morgan fingerprint density at radius 1 is 1.05 bits per heavy atom. The van der Waals surface area contributed by atoms with Crippen LogP contribution in [0.5, 0.6) is 5.75 Å². The molecule has 0 aliphatic heterocycles. The maximum atomic E-state index is 12.6. The van der Waals surface area contributed by atoms with Crippen molar-refractivity contribution in [2.75, 3.05) is 19.8 Å². The van der Waals surface area contributed by atoms with Crippen molar-refractivity contribution < 1.29 is 18.3 Å². The Morgan fingerprint density at radius 3 is 2.14 bits per heavy atom. The first-order valence-corrected chi connectivity index (χ1v) is 6.63. The largest absolute Gasteiger partial charge is 0.505 e. The number of aromatic hydroxyl groups is 1. The van der Waals surface area contributed by atoms with E-state index in [0.717, 1.165) is 12.1 Å². The highest BCUT2D eigenvalue weighted by molar-refractivity contribution is 5.75. The zero-order valence-electron chi connectivity index (χ0n) is 12.3. The van der Waals surface area contributed by atoms with Crippen molar-refractivity contribution in [3.8, 4) is 16.9 Å². The van der Waals surface area contributed by atoms with Crippen LogP contribution in [0.15, 0.2) is 36.4 Å². The molecule has 6 heteroatoms. The first-order valence-electron chi connectivity index (χ1n) is 6.63. The summed E-state index contributed by atoms with van der Waals surface area (Å²) in [6, 6.07) is 8.10. The molecule has 0 unspecified atom stereocenters. The van der Waals surface area contributed by atoms with Gasteiger partial charge < -0.3 is 15.7 Å². The minimum Gasteiger partial charge on any atom is -0.505 e. The summed E-state index contributed by atoms with van der Waals surface area (Å²) < 4.78 is 37.9. The Hall–Kier alpha value is -2.21. The number of anilines is 1. The van der Waals surface area contributed by atoms with Crippen molar-refractivity contribution in [1.82, 2.24) is 4.90 Å². The van der Waals surface area contributed by atoms with Gasteiger partial charge in [-0.15, -0.1) is 0 Å². The van der Waals surface area contributed by atoms with E-state index in [1.807, 2.05) is 19.0 Å². The van der Waals surface area contributed by atoms with Crippen molar-refractivity contribution in [2.24, 2.45) is 0 Å². The summed E-state index contributed by atoms with van der Waals surface area (Å²) in [6.45, 7) is 0.424. The molecule has 2 aromatic rings. The molecule has 2 rings (SSSR count). The molecule has 0 saturated carbocycles. The van der Waals surface area contributed by atoms with Gasteiger partial charge in [0.1, 0.15) is 5.75 Å². The van der Waals surface area contributed by atoms with Gasteiger partial charge in [-0.3, -0.25) is 0 Å². The summed E-state index contributed by atoms with van der Waals surface area (Å²) in [5.74, 6) is -0.0360. The first kappa shape index (κ1) is 16.2. The molecule has 0 fully saturated rings. The number of alkyl halides is 3. The second kappa shape index (κ2) is 5.88. The number of phenols is 1. The predicted octanol–water partition coefficient (Wildman–Crippen LogP) is 3.72. The van der Waals surface area contributed by atoms with Gasteiger partial charge >= 0.3 is 6.18 Å². The van der Waals surface area contributed by atoms with E-state index in [2.05, 4.69) is 0 Å². The number of halogens is 3. The number of hydrogen-bond donors (Lipinski definition) is 2. The highest BCUT2D eigenvalue weighted by Crippen LogP contribution is 2.36. The van der Waals surface area contributed by atoms with Gasteiger partial charge in [-0.25, -0.2) is 0 Å². The minimum absolute atomic E-state index is 0.0360. The van der Waals surface area contributed by atoms with Gasteiger partial charge in [0.2, 0.25) is 0 Å². The van der Waals surface area contributed by atoms with E-state index in [-0.39, 0.29) is 11.4 Å². The van der Waals surface area contributed by atoms with E-state index in [0.29, 0.717) is 23.2 Å². The SMILES string of the molecule is CN(C)Cc1c(-c2ccc(C(F)(F)F)cc2)ccc(N)c1O. The Balaban J connectivity index is 2.50. The number of phenolic OH excluding ortho intramolecular Hbond substituents is 1. The number of nitrogen functional groups attached to an aromatic ring is 1. The maximum absolute atomic E-state index is 12.6. The third kappa shape index (κ3) is 3.33. The smallest absolute Gasteiger partial charge is 0.416 e. The first-order chi connectivity index (χ1) is 10.2. The van der Waals surface area contributed by atoms with Crippen molar-refractivity contribution in [1.29, 1.82) is 0 Å². The van der Waals surface area contributed by atoms with Crippen LogP contribution in [-0.2, 0) is 12.7 Å². The van der Waals surface area contributed by atoms with Gasteiger partial charge in [-0.05, 0) is 43.4 Å². The summed E-state index contributed by atoms with van der Waals surface area (Å²) >= 11 is 0. The van der Waals surface area contributed by atoms with Crippen LogP contribution in [0.3, 0.4) is 0 Å². The van der Waals surface area contributed by atoms with Crippen LogP contribution in [0.1, 0.15) is 11.1 Å². The van der Waals surface area contributed by atoms with Gasteiger partial charge in [0.15, 0.2) is 0 Å². The van der Waals surface area contributed by atoms with E-state index in [4.69, 9.17) is 5.73 Å². The van der Waals surface area contributed by atoms with Crippen molar-refractivity contribution >= 4 is 5.69 Å². The lowest BCUT2D eigenvalue weighted by molar-refractivity contribution is -0.137. The summed E-state index contributed by atoms with van der Waals surface area (Å²) in [5.41, 5.74) is 7.09. The second-order valence-corrected chi connectivity index (χ2v) is 5.34.